The van der Waals surface area contributed by atoms with E-state index in [1.807, 2.05) is 54.6 Å². The Hall–Kier alpha value is -5.23. The summed E-state index contributed by atoms with van der Waals surface area (Å²) in [5.41, 5.74) is 3.29. The quantitative estimate of drug-likeness (QED) is 0.108. The van der Waals surface area contributed by atoms with Gasteiger partial charge in [-0.1, -0.05) is 36.0 Å². The molecule has 0 aliphatic heterocycles. The van der Waals surface area contributed by atoms with Crippen LogP contribution in [0.5, 0.6) is 5.75 Å². The molecule has 6 aromatic rings. The molecule has 0 radical (unpaired) electrons. The fourth-order valence-corrected chi connectivity index (χ4v) is 7.76. The molecule has 1 amide bonds. The Morgan fingerprint density at radius 2 is 1.85 bits per heavy atom. The van der Waals surface area contributed by atoms with Crippen LogP contribution in [0.1, 0.15) is 28.7 Å². The number of pyridine rings is 1. The smallest absolute Gasteiger partial charge is 0.440 e. The summed E-state index contributed by atoms with van der Waals surface area (Å²) in [4.78, 5) is 38.4. The lowest BCUT2D eigenvalue weighted by molar-refractivity contribution is -0.142. The molecule has 0 fully saturated rings. The molecule has 14 heteroatoms. The van der Waals surface area contributed by atoms with Crippen LogP contribution in [0.15, 0.2) is 101 Å². The first kappa shape index (κ1) is 31.7. The number of amides is 1. The normalized spacial score (nSPS) is 13.4. The molecular weight excluding hydrogens is 637 g/mol. The highest BCUT2D eigenvalue weighted by atomic mass is 32.2. The predicted octanol–water partition coefficient (Wildman–Crippen LogP) is 6.18. The van der Waals surface area contributed by atoms with E-state index in [0.29, 0.717) is 38.9 Å². The molecule has 47 heavy (non-hydrogen) atoms. The van der Waals surface area contributed by atoms with E-state index < -0.39 is 19.7 Å². The number of hydrogen-bond acceptors (Lipinski definition) is 9. The summed E-state index contributed by atoms with van der Waals surface area (Å²) < 4.78 is 27.7. The van der Waals surface area contributed by atoms with Crippen molar-refractivity contribution in [2.75, 3.05) is 14.2 Å². The number of methoxy groups -OCH3 is 1. The molecule has 0 aliphatic rings. The first-order valence-electron chi connectivity index (χ1n) is 14.5. The predicted molar refractivity (Wildman–Crippen MR) is 181 cm³/mol. The minimum Gasteiger partial charge on any atom is -0.468 e. The van der Waals surface area contributed by atoms with Gasteiger partial charge in [0.15, 0.2) is 5.75 Å². The highest BCUT2D eigenvalue weighted by molar-refractivity contribution is 7.99. The van der Waals surface area contributed by atoms with Gasteiger partial charge in [-0.2, -0.15) is 9.55 Å². The lowest BCUT2D eigenvalue weighted by atomic mass is 10.2. The van der Waals surface area contributed by atoms with Crippen LogP contribution in [0, 0.1) is 0 Å². The summed E-state index contributed by atoms with van der Waals surface area (Å²) in [6.07, 6.45) is 6.77. The van der Waals surface area contributed by atoms with E-state index in [1.165, 1.54) is 36.6 Å². The number of para-hydroxylation sites is 1. The zero-order valence-corrected chi connectivity index (χ0v) is 27.3. The zero-order valence-electron chi connectivity index (χ0n) is 25.6. The molecule has 0 aliphatic carbocycles. The minimum atomic E-state index is -4.27. The van der Waals surface area contributed by atoms with Crippen molar-refractivity contribution in [1.82, 2.24) is 34.9 Å². The lowest BCUT2D eigenvalue weighted by Crippen LogP contribution is -2.36. The Morgan fingerprint density at radius 1 is 1.02 bits per heavy atom. The van der Waals surface area contributed by atoms with Crippen molar-refractivity contribution in [2.45, 2.75) is 22.8 Å². The first-order chi connectivity index (χ1) is 22.8. The largest absolute Gasteiger partial charge is 0.468 e. The molecule has 6 rings (SSSR count). The minimum absolute atomic E-state index is 0.215. The topological polar surface area (TPSA) is 153 Å². The number of carbonyl (C=O) groups excluding carboxylic acids is 2. The lowest BCUT2D eigenvalue weighted by Gasteiger charge is -2.23. The van der Waals surface area contributed by atoms with E-state index in [-0.39, 0.29) is 11.7 Å². The second-order valence-corrected chi connectivity index (χ2v) is 13.2. The second-order valence-electron chi connectivity index (χ2n) is 10.3. The Bertz CT molecular complexity index is 2170. The molecule has 0 saturated carbocycles. The number of imidazole rings is 1. The summed E-state index contributed by atoms with van der Waals surface area (Å²) >= 11 is 1.37. The summed E-state index contributed by atoms with van der Waals surface area (Å²) in [7, 11) is -1.44. The summed E-state index contributed by atoms with van der Waals surface area (Å²) in [6.45, 7) is 1.53. The van der Waals surface area contributed by atoms with Crippen LogP contribution in [-0.2, 0) is 14.1 Å². The molecule has 3 heterocycles. The second kappa shape index (κ2) is 13.6. The van der Waals surface area contributed by atoms with Crippen LogP contribution >= 0.6 is 19.4 Å². The number of rotatable bonds is 11. The van der Waals surface area contributed by atoms with E-state index >= 15 is 4.57 Å². The van der Waals surface area contributed by atoms with Crippen LogP contribution in [0.25, 0.3) is 34.1 Å². The summed E-state index contributed by atoms with van der Waals surface area (Å²) in [5.74, 6) is -0.635. The van der Waals surface area contributed by atoms with Crippen molar-refractivity contribution in [1.29, 1.82) is 0 Å². The standard InChI is InChI=1S/C33H30N7O5PS/c1-21(33(42)44-3)39-46(43,45-29-12-8-11-27-31(29)37-20-36-27)40-28-19-23(47-30-13-5-4-10-25(30)32(41)34-2)15-16-24(28)26(38-40)17-14-22-9-6-7-18-35-22/h4-21H,1-3H3,(H,34,41)(H,36,37)(H,39,43)/b17-14+/t21-,46?/m0/s1. The van der Waals surface area contributed by atoms with E-state index in [9.17, 15) is 9.59 Å². The summed E-state index contributed by atoms with van der Waals surface area (Å²) in [5, 5.41) is 11.0. The fourth-order valence-electron chi connectivity index (χ4n) is 4.87. The Labute approximate surface area is 274 Å². The third-order valence-electron chi connectivity index (χ3n) is 7.15. The Kier molecular flexibility index (Phi) is 9.21. The van der Waals surface area contributed by atoms with Crippen molar-refractivity contribution in [3.05, 3.63) is 108 Å². The van der Waals surface area contributed by atoms with Gasteiger partial charge < -0.3 is 19.6 Å². The third kappa shape index (κ3) is 6.68. The molecule has 3 N–H and O–H groups in total. The summed E-state index contributed by atoms with van der Waals surface area (Å²) in [6, 6.07) is 22.6. The average molecular weight is 668 g/mol. The van der Waals surface area contributed by atoms with Gasteiger partial charge in [-0.15, -0.1) is 0 Å². The number of esters is 1. The molecule has 0 bridgehead atoms. The average Bonchev–Trinajstić information content (AvgIpc) is 3.73. The van der Waals surface area contributed by atoms with Crippen molar-refractivity contribution in [2.24, 2.45) is 0 Å². The molecule has 0 spiro atoms. The van der Waals surface area contributed by atoms with Crippen molar-refractivity contribution in [3.63, 3.8) is 0 Å². The van der Waals surface area contributed by atoms with Gasteiger partial charge in [-0.3, -0.25) is 14.6 Å². The number of carbonyl (C=O) groups is 2. The molecule has 3 aromatic heterocycles. The number of fused-ring (bicyclic) bond motifs is 2. The van der Waals surface area contributed by atoms with Gasteiger partial charge in [0.1, 0.15) is 11.6 Å². The maximum Gasteiger partial charge on any atom is 0.440 e. The van der Waals surface area contributed by atoms with E-state index in [2.05, 4.69) is 25.4 Å². The van der Waals surface area contributed by atoms with E-state index in [1.54, 1.807) is 49.7 Å². The van der Waals surface area contributed by atoms with Crippen molar-refractivity contribution < 1.29 is 23.4 Å². The van der Waals surface area contributed by atoms with Gasteiger partial charge in [-0.25, -0.2) is 14.6 Å². The number of benzene rings is 3. The van der Waals surface area contributed by atoms with Crippen molar-refractivity contribution in [3.8, 4) is 5.75 Å². The van der Waals surface area contributed by atoms with Gasteiger partial charge in [0.2, 0.25) is 0 Å². The third-order valence-corrected chi connectivity index (χ3v) is 10.2. The van der Waals surface area contributed by atoms with E-state index in [0.717, 1.165) is 9.79 Å². The molecule has 1 unspecified atom stereocenters. The van der Waals surface area contributed by atoms with Gasteiger partial charge >= 0.3 is 13.6 Å². The van der Waals surface area contributed by atoms with E-state index in [4.69, 9.17) is 14.4 Å². The maximum absolute atomic E-state index is 15.2. The number of nitrogens with zero attached hydrogens (tertiary/aromatic N) is 4. The molecular formula is C33H30N7O5PS. The number of ether oxygens (including phenoxy) is 1. The molecule has 12 nitrogen and oxygen atoms in total. The number of aromatic nitrogens is 5. The zero-order chi connectivity index (χ0) is 33.0. The number of aromatic amines is 1. The molecule has 0 saturated heterocycles. The number of H-pyrrole nitrogens is 1. The maximum atomic E-state index is 15.2. The SMILES string of the molecule is CNC(=O)c1ccccc1Sc1ccc2c(/C=C/c3ccccn3)nn(P(=O)(N[C@@H](C)C(=O)OC)Oc3cccc4[nH]cnc34)c2c1. The first-order valence-corrected chi connectivity index (χ1v) is 16.9. The molecule has 238 valence electrons. The number of nitrogens with one attached hydrogen (secondary N) is 3. The highest BCUT2D eigenvalue weighted by Gasteiger charge is 2.36. The highest BCUT2D eigenvalue weighted by Crippen LogP contribution is 2.49. The Balaban J connectivity index is 1.52. The van der Waals surface area contributed by atoms with Crippen LogP contribution < -0.4 is 14.9 Å². The van der Waals surface area contributed by atoms with Gasteiger partial charge in [0, 0.05) is 28.4 Å². The van der Waals surface area contributed by atoms with Gasteiger partial charge in [0.05, 0.1) is 41.4 Å². The van der Waals surface area contributed by atoms with Gasteiger partial charge in [0.25, 0.3) is 5.91 Å². The van der Waals surface area contributed by atoms with Crippen LogP contribution in [0.3, 0.4) is 0 Å². The molecule has 3 aromatic carbocycles. The fraction of sp³-hybridized carbons (Fsp3) is 0.121. The Morgan fingerprint density at radius 3 is 2.64 bits per heavy atom. The van der Waals surface area contributed by atoms with Crippen LogP contribution in [-0.4, -0.2) is 56.6 Å². The van der Waals surface area contributed by atoms with Crippen LogP contribution in [0.4, 0.5) is 0 Å². The molecule has 2 atom stereocenters. The number of hydrogen-bond donors (Lipinski definition) is 3. The van der Waals surface area contributed by atoms with Crippen molar-refractivity contribution >= 4 is 65.4 Å². The van der Waals surface area contributed by atoms with Crippen LogP contribution in [0.2, 0.25) is 0 Å². The monoisotopic (exact) mass is 667 g/mol. The van der Waals surface area contributed by atoms with Gasteiger partial charge in [-0.05, 0) is 73.7 Å².